The molecule has 1 heterocycles. The summed E-state index contributed by atoms with van der Waals surface area (Å²) in [7, 11) is 0. The molecule has 1 aliphatic carbocycles. The molecule has 1 N–H and O–H groups in total. The molecule has 25 heavy (non-hydrogen) atoms. The van der Waals surface area contributed by atoms with Gasteiger partial charge >= 0.3 is 0 Å². The van der Waals surface area contributed by atoms with Crippen molar-refractivity contribution in [1.29, 1.82) is 0 Å². The number of hydrazone groups is 1. The predicted octanol–water partition coefficient (Wildman–Crippen LogP) is 4.96. The number of aromatic nitrogens is 2. The van der Waals surface area contributed by atoms with Crippen molar-refractivity contribution in [2.24, 2.45) is 5.10 Å². The first-order chi connectivity index (χ1) is 12.1. The second kappa shape index (κ2) is 6.28. The van der Waals surface area contributed by atoms with E-state index in [-0.39, 0.29) is 0 Å². The van der Waals surface area contributed by atoms with Crippen LogP contribution in [-0.4, -0.2) is 15.7 Å². The highest BCUT2D eigenvalue weighted by atomic mass is 15.4. The van der Waals surface area contributed by atoms with Crippen LogP contribution in [0.3, 0.4) is 0 Å². The Morgan fingerprint density at radius 3 is 2.68 bits per heavy atom. The molecule has 0 spiro atoms. The third-order valence-electron chi connectivity index (χ3n) is 4.69. The molecule has 0 bridgehead atoms. The fraction of sp³-hybridized carbons (Fsp3) is 0.286. The molecule has 0 radical (unpaired) electrons. The smallest absolute Gasteiger partial charge is 0.243 e. The maximum atomic E-state index is 4.62. The molecule has 1 fully saturated rings. The van der Waals surface area contributed by atoms with Gasteiger partial charge in [-0.2, -0.15) is 5.10 Å². The van der Waals surface area contributed by atoms with Crippen molar-refractivity contribution in [3.05, 3.63) is 65.0 Å². The van der Waals surface area contributed by atoms with Crippen molar-refractivity contribution >= 4 is 22.4 Å². The highest BCUT2D eigenvalue weighted by Gasteiger charge is 2.25. The number of aryl methyl sites for hydroxylation is 2. The molecule has 1 aliphatic rings. The lowest BCUT2D eigenvalue weighted by atomic mass is 9.97. The van der Waals surface area contributed by atoms with Gasteiger partial charge in [-0.15, -0.1) is 0 Å². The topological polar surface area (TPSA) is 50.2 Å². The highest BCUT2D eigenvalue weighted by Crippen LogP contribution is 2.39. The van der Waals surface area contributed by atoms with E-state index in [9.17, 15) is 0 Å². The number of hydrogen-bond acceptors (Lipinski definition) is 4. The van der Waals surface area contributed by atoms with Crippen molar-refractivity contribution in [3.8, 4) is 0 Å². The van der Waals surface area contributed by atoms with E-state index in [1.54, 1.807) is 0 Å². The molecular weight excluding hydrogens is 308 g/mol. The maximum Gasteiger partial charge on any atom is 0.243 e. The van der Waals surface area contributed by atoms with Crippen molar-refractivity contribution in [2.75, 3.05) is 5.43 Å². The zero-order chi connectivity index (χ0) is 17.4. The fourth-order valence-corrected chi connectivity index (χ4v) is 3.28. The molecule has 0 atom stereocenters. The van der Waals surface area contributed by atoms with Crippen molar-refractivity contribution < 1.29 is 0 Å². The van der Waals surface area contributed by atoms with Gasteiger partial charge in [0.05, 0.1) is 5.71 Å². The average Bonchev–Trinajstić information content (AvgIpc) is 3.44. The summed E-state index contributed by atoms with van der Waals surface area (Å²) in [5.41, 5.74) is 8.49. The highest BCUT2D eigenvalue weighted by molar-refractivity contribution is 6.11. The van der Waals surface area contributed by atoms with Crippen LogP contribution >= 0.6 is 0 Å². The van der Waals surface area contributed by atoms with Crippen LogP contribution in [0.1, 0.15) is 48.2 Å². The Morgan fingerprint density at radius 2 is 1.88 bits per heavy atom. The van der Waals surface area contributed by atoms with Crippen molar-refractivity contribution in [2.45, 2.75) is 39.5 Å². The minimum absolute atomic E-state index is 0.583. The van der Waals surface area contributed by atoms with Gasteiger partial charge in [0.2, 0.25) is 5.95 Å². The molecule has 4 heteroatoms. The van der Waals surface area contributed by atoms with E-state index in [4.69, 9.17) is 0 Å². The summed E-state index contributed by atoms with van der Waals surface area (Å²) >= 11 is 0. The minimum Gasteiger partial charge on any atom is -0.245 e. The molecule has 4 nitrogen and oxygen atoms in total. The molecule has 2 aromatic carbocycles. The van der Waals surface area contributed by atoms with Gasteiger partial charge in [-0.25, -0.2) is 15.4 Å². The van der Waals surface area contributed by atoms with Crippen LogP contribution in [0.2, 0.25) is 0 Å². The van der Waals surface area contributed by atoms with Gasteiger partial charge in [0.15, 0.2) is 0 Å². The normalized spacial score (nSPS) is 14.8. The lowest BCUT2D eigenvalue weighted by Gasteiger charge is -2.11. The summed E-state index contributed by atoms with van der Waals surface area (Å²) in [6.07, 6.45) is 2.46. The third-order valence-corrected chi connectivity index (χ3v) is 4.69. The first-order valence-corrected chi connectivity index (χ1v) is 8.76. The number of rotatable bonds is 4. The number of nitrogens with zero attached hydrogens (tertiary/aromatic N) is 3. The Kier molecular flexibility index (Phi) is 3.96. The van der Waals surface area contributed by atoms with Gasteiger partial charge in [-0.3, -0.25) is 0 Å². The summed E-state index contributed by atoms with van der Waals surface area (Å²) in [5.74, 6) is 1.19. The Labute approximate surface area is 148 Å². The summed E-state index contributed by atoms with van der Waals surface area (Å²) < 4.78 is 0. The average molecular weight is 330 g/mol. The zero-order valence-corrected chi connectivity index (χ0v) is 14.9. The van der Waals surface area contributed by atoms with E-state index in [0.29, 0.717) is 11.9 Å². The Morgan fingerprint density at radius 1 is 1.08 bits per heavy atom. The minimum atomic E-state index is 0.583. The van der Waals surface area contributed by atoms with Crippen molar-refractivity contribution in [1.82, 2.24) is 9.97 Å². The van der Waals surface area contributed by atoms with E-state index in [2.05, 4.69) is 69.9 Å². The Bertz CT molecular complexity index is 971. The van der Waals surface area contributed by atoms with Crippen LogP contribution in [-0.2, 0) is 0 Å². The largest absolute Gasteiger partial charge is 0.245 e. The lowest BCUT2D eigenvalue weighted by molar-refractivity contribution is 0.960. The van der Waals surface area contributed by atoms with Gasteiger partial charge in [-0.05, 0) is 56.0 Å². The molecule has 4 rings (SSSR count). The number of nitrogens with one attached hydrogen (secondary N) is 1. The van der Waals surface area contributed by atoms with Gasteiger partial charge in [0, 0.05) is 22.9 Å². The number of hydrogen-bond donors (Lipinski definition) is 1. The molecule has 0 unspecified atom stereocenters. The van der Waals surface area contributed by atoms with Gasteiger partial charge in [-0.1, -0.05) is 36.4 Å². The molecule has 0 amide bonds. The van der Waals surface area contributed by atoms with E-state index in [1.807, 2.05) is 13.8 Å². The summed E-state index contributed by atoms with van der Waals surface area (Å²) in [6, 6.07) is 14.8. The second-order valence-electron chi connectivity index (χ2n) is 6.82. The standard InChI is InChI=1S/C21H22N4/c1-13-8-9-16-6-4-5-7-18(16)20(13)15(3)24-25-21-22-14(2)12-19(23-21)17-10-11-17/h4-9,12,17H,10-11H2,1-3H3,(H,22,23,25). The third kappa shape index (κ3) is 3.25. The van der Waals surface area contributed by atoms with E-state index in [1.165, 1.54) is 34.7 Å². The Balaban J connectivity index is 1.67. The number of fused-ring (bicyclic) bond motifs is 1. The van der Waals surface area contributed by atoms with Crippen LogP contribution in [0.4, 0.5) is 5.95 Å². The summed E-state index contributed by atoms with van der Waals surface area (Å²) in [4.78, 5) is 9.08. The number of benzene rings is 2. The van der Waals surface area contributed by atoms with E-state index < -0.39 is 0 Å². The van der Waals surface area contributed by atoms with Crippen LogP contribution in [0.15, 0.2) is 47.6 Å². The molecule has 1 aromatic heterocycles. The van der Waals surface area contributed by atoms with Crippen LogP contribution in [0, 0.1) is 13.8 Å². The fourth-order valence-electron chi connectivity index (χ4n) is 3.28. The number of anilines is 1. The summed E-state index contributed by atoms with van der Waals surface area (Å²) in [5, 5.41) is 7.02. The van der Waals surface area contributed by atoms with Gasteiger partial charge < -0.3 is 0 Å². The molecule has 126 valence electrons. The molecule has 0 saturated heterocycles. The monoisotopic (exact) mass is 330 g/mol. The van der Waals surface area contributed by atoms with Crippen molar-refractivity contribution in [3.63, 3.8) is 0 Å². The van der Waals surface area contributed by atoms with Gasteiger partial charge in [0.25, 0.3) is 0 Å². The maximum absolute atomic E-state index is 4.62. The van der Waals surface area contributed by atoms with E-state index in [0.717, 1.165) is 17.1 Å². The SMILES string of the molecule is CC(=NNc1nc(C)cc(C2CC2)n1)c1c(C)ccc2ccccc12. The molecule has 3 aromatic rings. The van der Waals surface area contributed by atoms with Crippen LogP contribution in [0.25, 0.3) is 10.8 Å². The first kappa shape index (κ1) is 15.8. The Hall–Kier alpha value is -2.75. The lowest BCUT2D eigenvalue weighted by Crippen LogP contribution is -2.06. The quantitative estimate of drug-likeness (QED) is 0.543. The van der Waals surface area contributed by atoms with Gasteiger partial charge in [0.1, 0.15) is 0 Å². The van der Waals surface area contributed by atoms with Crippen LogP contribution < -0.4 is 5.43 Å². The van der Waals surface area contributed by atoms with E-state index >= 15 is 0 Å². The van der Waals surface area contributed by atoms with Crippen LogP contribution in [0.5, 0.6) is 0 Å². The molecular formula is C21H22N4. The first-order valence-electron chi connectivity index (χ1n) is 8.76. The molecule has 0 aliphatic heterocycles. The second-order valence-corrected chi connectivity index (χ2v) is 6.82. The zero-order valence-electron chi connectivity index (χ0n) is 14.9. The summed E-state index contributed by atoms with van der Waals surface area (Å²) in [6.45, 7) is 6.15. The molecule has 1 saturated carbocycles. The predicted molar refractivity (Wildman–Crippen MR) is 103 cm³/mol.